The van der Waals surface area contributed by atoms with Crippen LogP contribution in [-0.4, -0.2) is 23.1 Å². The van der Waals surface area contributed by atoms with Crippen molar-refractivity contribution in [2.45, 2.75) is 19.3 Å². The van der Waals surface area contributed by atoms with Gasteiger partial charge >= 0.3 is 5.97 Å². The van der Waals surface area contributed by atoms with Crippen LogP contribution < -0.4 is 10.6 Å². The number of nitro groups is 1. The first kappa shape index (κ1) is 17.3. The first-order valence-corrected chi connectivity index (χ1v) is 8.77. The topological polar surface area (TPSA) is 93.5 Å². The summed E-state index contributed by atoms with van der Waals surface area (Å²) in [7, 11) is 1.36. The number of carbonyl (C=O) groups excluding carboxylic acids is 1. The van der Waals surface area contributed by atoms with Crippen molar-refractivity contribution < 1.29 is 14.5 Å². The minimum absolute atomic E-state index is 0.00656. The Balaban J connectivity index is 1.75. The van der Waals surface area contributed by atoms with Crippen molar-refractivity contribution >= 4 is 51.0 Å². The van der Waals surface area contributed by atoms with Gasteiger partial charge in [0.1, 0.15) is 5.00 Å². The number of methoxy groups -OCH3 is 1. The molecule has 25 heavy (non-hydrogen) atoms. The summed E-state index contributed by atoms with van der Waals surface area (Å²) < 4.78 is 4.90. The molecule has 0 saturated carbocycles. The number of hydrogen-bond donors (Lipinski definition) is 2. The highest BCUT2D eigenvalue weighted by Crippen LogP contribution is 2.39. The summed E-state index contributed by atoms with van der Waals surface area (Å²) in [6.45, 7) is 0. The molecule has 0 atom stereocenters. The monoisotopic (exact) mass is 377 g/mol. The molecule has 0 bridgehead atoms. The van der Waals surface area contributed by atoms with Crippen LogP contribution in [0.5, 0.6) is 0 Å². The third-order valence-corrected chi connectivity index (χ3v) is 5.29. The summed E-state index contributed by atoms with van der Waals surface area (Å²) in [6.07, 6.45) is 2.85. The van der Waals surface area contributed by atoms with E-state index in [1.165, 1.54) is 35.5 Å². The molecule has 9 heteroatoms. The third kappa shape index (κ3) is 3.62. The highest BCUT2D eigenvalue weighted by molar-refractivity contribution is 7.80. The maximum Gasteiger partial charge on any atom is 0.341 e. The number of nitro benzene ring substituents is 1. The minimum atomic E-state index is -0.462. The maximum absolute atomic E-state index is 12.1. The van der Waals surface area contributed by atoms with Crippen LogP contribution in [0.3, 0.4) is 0 Å². The smallest absolute Gasteiger partial charge is 0.341 e. The van der Waals surface area contributed by atoms with Gasteiger partial charge in [0.2, 0.25) is 0 Å². The number of ether oxygens (including phenoxy) is 1. The van der Waals surface area contributed by atoms with Gasteiger partial charge in [0.25, 0.3) is 5.69 Å². The zero-order valence-corrected chi connectivity index (χ0v) is 15.0. The van der Waals surface area contributed by atoms with Crippen LogP contribution in [0.25, 0.3) is 0 Å². The van der Waals surface area contributed by atoms with Gasteiger partial charge in [0.15, 0.2) is 5.11 Å². The number of esters is 1. The number of nitrogens with one attached hydrogen (secondary N) is 2. The molecule has 3 rings (SSSR count). The van der Waals surface area contributed by atoms with Crippen molar-refractivity contribution in [3.8, 4) is 0 Å². The number of rotatable bonds is 4. The molecule has 1 aliphatic carbocycles. The van der Waals surface area contributed by atoms with E-state index >= 15 is 0 Å². The van der Waals surface area contributed by atoms with Gasteiger partial charge in [-0.25, -0.2) is 4.79 Å². The summed E-state index contributed by atoms with van der Waals surface area (Å²) in [5.74, 6) is -0.375. The molecule has 1 aromatic carbocycles. The zero-order valence-electron chi connectivity index (χ0n) is 13.3. The van der Waals surface area contributed by atoms with Gasteiger partial charge in [-0.15, -0.1) is 11.3 Å². The minimum Gasteiger partial charge on any atom is -0.465 e. The number of benzene rings is 1. The van der Waals surface area contributed by atoms with Crippen LogP contribution in [0, 0.1) is 10.1 Å². The summed E-state index contributed by atoms with van der Waals surface area (Å²) in [4.78, 5) is 23.5. The number of fused-ring (bicyclic) bond motifs is 1. The van der Waals surface area contributed by atoms with Crippen LogP contribution >= 0.6 is 23.6 Å². The summed E-state index contributed by atoms with van der Waals surface area (Å²) in [6, 6.07) is 5.93. The fourth-order valence-electron chi connectivity index (χ4n) is 2.74. The number of nitrogens with zero attached hydrogens (tertiary/aromatic N) is 1. The summed E-state index contributed by atoms with van der Waals surface area (Å²) in [5.41, 5.74) is 2.21. The Bertz CT molecular complexity index is 846. The van der Waals surface area contributed by atoms with E-state index in [1.807, 2.05) is 0 Å². The number of thiophene rings is 1. The predicted octanol–water partition coefficient (Wildman–Crippen LogP) is 3.74. The van der Waals surface area contributed by atoms with Crippen LogP contribution in [0.2, 0.25) is 0 Å². The molecule has 130 valence electrons. The first-order valence-electron chi connectivity index (χ1n) is 7.55. The van der Waals surface area contributed by atoms with E-state index in [0.29, 0.717) is 21.4 Å². The number of aryl methyl sites for hydroxylation is 1. The Morgan fingerprint density at radius 2 is 2.00 bits per heavy atom. The van der Waals surface area contributed by atoms with Gasteiger partial charge in [-0.2, -0.15) is 0 Å². The molecule has 1 heterocycles. The van der Waals surface area contributed by atoms with Gasteiger partial charge in [0, 0.05) is 22.7 Å². The Morgan fingerprint density at radius 1 is 1.28 bits per heavy atom. The average molecular weight is 377 g/mol. The van der Waals surface area contributed by atoms with Crippen LogP contribution in [0.1, 0.15) is 27.2 Å². The quantitative estimate of drug-likeness (QED) is 0.363. The molecule has 0 radical (unpaired) electrons. The lowest BCUT2D eigenvalue weighted by Gasteiger charge is -2.11. The molecule has 0 amide bonds. The van der Waals surface area contributed by atoms with Gasteiger partial charge in [-0.05, 0) is 49.2 Å². The van der Waals surface area contributed by atoms with Crippen molar-refractivity contribution in [2.24, 2.45) is 0 Å². The number of anilines is 2. The number of carbonyl (C=O) groups is 1. The van der Waals surface area contributed by atoms with Crippen molar-refractivity contribution in [1.82, 2.24) is 0 Å². The van der Waals surface area contributed by atoms with E-state index in [0.717, 1.165) is 24.8 Å². The number of non-ortho nitro benzene ring substituents is 1. The van der Waals surface area contributed by atoms with Crippen molar-refractivity contribution in [3.63, 3.8) is 0 Å². The average Bonchev–Trinajstić information content (AvgIpc) is 3.15. The number of hydrogen-bond acceptors (Lipinski definition) is 6. The molecule has 1 aliphatic rings. The number of thiocarbonyl (C=S) groups is 1. The summed E-state index contributed by atoms with van der Waals surface area (Å²) in [5, 5.41) is 17.6. The van der Waals surface area contributed by atoms with Gasteiger partial charge < -0.3 is 15.4 Å². The fraction of sp³-hybridized carbons (Fsp3) is 0.250. The zero-order chi connectivity index (χ0) is 18.0. The second-order valence-corrected chi connectivity index (χ2v) is 6.95. The van der Waals surface area contributed by atoms with Gasteiger partial charge in [-0.1, -0.05) is 0 Å². The third-order valence-electron chi connectivity index (χ3n) is 3.87. The second kappa shape index (κ2) is 7.16. The molecule has 0 aliphatic heterocycles. The Hall–Kier alpha value is -2.52. The van der Waals surface area contributed by atoms with Crippen molar-refractivity contribution in [1.29, 1.82) is 0 Å². The normalized spacial score (nSPS) is 12.4. The molecular weight excluding hydrogens is 362 g/mol. The molecule has 0 unspecified atom stereocenters. The SMILES string of the molecule is COC(=O)c1c(NC(=S)Nc2ccc([N+](=O)[O-])cc2)sc2c1CCC2. The molecule has 7 nitrogen and oxygen atoms in total. The standard InChI is InChI=1S/C16H15N3O4S2/c1-23-15(20)13-11-3-2-4-12(11)25-14(13)18-16(24)17-9-5-7-10(8-6-9)19(21)22/h5-8H,2-4H2,1H3,(H2,17,18,24). The predicted molar refractivity (Wildman–Crippen MR) is 101 cm³/mol. The van der Waals surface area contributed by atoms with Crippen molar-refractivity contribution in [3.05, 3.63) is 50.4 Å². The van der Waals surface area contributed by atoms with Gasteiger partial charge in [0.05, 0.1) is 17.6 Å². The van der Waals surface area contributed by atoms with E-state index in [1.54, 1.807) is 12.1 Å². The van der Waals surface area contributed by atoms with E-state index in [4.69, 9.17) is 17.0 Å². The molecule has 1 aromatic heterocycles. The van der Waals surface area contributed by atoms with Gasteiger partial charge in [-0.3, -0.25) is 10.1 Å². The first-order chi connectivity index (χ1) is 12.0. The molecule has 2 N–H and O–H groups in total. The molecule has 0 spiro atoms. The van der Waals surface area contributed by atoms with Crippen LogP contribution in [0.15, 0.2) is 24.3 Å². The van der Waals surface area contributed by atoms with E-state index in [2.05, 4.69) is 10.6 Å². The lowest BCUT2D eigenvalue weighted by Crippen LogP contribution is -2.20. The Morgan fingerprint density at radius 3 is 2.64 bits per heavy atom. The fourth-order valence-corrected chi connectivity index (χ4v) is 4.31. The Kier molecular flexibility index (Phi) is 4.95. The lowest BCUT2D eigenvalue weighted by molar-refractivity contribution is -0.384. The van der Waals surface area contributed by atoms with E-state index < -0.39 is 4.92 Å². The van der Waals surface area contributed by atoms with E-state index in [-0.39, 0.29) is 11.7 Å². The summed E-state index contributed by atoms with van der Waals surface area (Å²) >= 11 is 6.80. The molecule has 2 aromatic rings. The molecular formula is C16H15N3O4S2. The largest absolute Gasteiger partial charge is 0.465 e. The molecule has 0 saturated heterocycles. The lowest BCUT2D eigenvalue weighted by atomic mass is 10.1. The maximum atomic E-state index is 12.1. The molecule has 0 fully saturated rings. The van der Waals surface area contributed by atoms with E-state index in [9.17, 15) is 14.9 Å². The highest BCUT2D eigenvalue weighted by Gasteiger charge is 2.27. The Labute approximate surface area is 153 Å². The van der Waals surface area contributed by atoms with Crippen molar-refractivity contribution in [2.75, 3.05) is 17.7 Å². The van der Waals surface area contributed by atoms with Crippen LogP contribution in [0.4, 0.5) is 16.4 Å². The van der Waals surface area contributed by atoms with Crippen LogP contribution in [-0.2, 0) is 17.6 Å². The highest BCUT2D eigenvalue weighted by atomic mass is 32.1. The second-order valence-electron chi connectivity index (χ2n) is 5.44.